The molecule has 206 valence electrons. The summed E-state index contributed by atoms with van der Waals surface area (Å²) in [6.45, 7) is 8.15. The lowest BCUT2D eigenvalue weighted by atomic mass is 9.43. The molecule has 0 aromatic heterocycles. The van der Waals surface area contributed by atoms with E-state index in [4.69, 9.17) is 0 Å². The molecule has 36 heavy (non-hydrogen) atoms. The maximum Gasteiger partial charge on any atom is 0.328 e. The van der Waals surface area contributed by atoms with Gasteiger partial charge in [0.2, 0.25) is 5.91 Å². The van der Waals surface area contributed by atoms with Gasteiger partial charge in [-0.15, -0.1) is 0 Å². The monoisotopic (exact) mass is 509 g/mol. The molecule has 4 fully saturated rings. The van der Waals surface area contributed by atoms with Crippen molar-refractivity contribution in [2.45, 2.75) is 116 Å². The lowest BCUT2D eigenvalue weighted by molar-refractivity contribution is -0.223. The molecule has 13 atom stereocenters. The van der Waals surface area contributed by atoms with Crippen LogP contribution in [0.3, 0.4) is 0 Å². The van der Waals surface area contributed by atoms with Gasteiger partial charge in [-0.2, -0.15) is 0 Å². The third kappa shape index (κ3) is 4.61. The third-order valence-electron chi connectivity index (χ3n) is 11.4. The molecule has 4 saturated carbocycles. The molecule has 0 heterocycles. The summed E-state index contributed by atoms with van der Waals surface area (Å²) in [6, 6.07) is -1.30. The van der Waals surface area contributed by atoms with Gasteiger partial charge in [0.25, 0.3) is 0 Å². The quantitative estimate of drug-likeness (QED) is 0.309. The van der Waals surface area contributed by atoms with Crippen LogP contribution >= 0.6 is 0 Å². The van der Waals surface area contributed by atoms with Crippen LogP contribution in [0, 0.1) is 46.3 Å². The number of amides is 1. The molecule has 13 unspecified atom stereocenters. The summed E-state index contributed by atoms with van der Waals surface area (Å²) in [5, 5.41) is 54.2. The number of carbonyl (C=O) groups excluding carboxylic acids is 1. The smallest absolute Gasteiger partial charge is 0.328 e. The molecule has 0 spiro atoms. The topological polar surface area (TPSA) is 147 Å². The van der Waals surface area contributed by atoms with Crippen molar-refractivity contribution in [1.29, 1.82) is 0 Å². The van der Waals surface area contributed by atoms with Crippen LogP contribution in [0.2, 0.25) is 0 Å². The van der Waals surface area contributed by atoms with E-state index in [1.807, 2.05) is 0 Å². The lowest BCUT2D eigenvalue weighted by Gasteiger charge is -2.63. The van der Waals surface area contributed by atoms with E-state index >= 15 is 0 Å². The highest BCUT2D eigenvalue weighted by Crippen LogP contribution is 2.68. The van der Waals surface area contributed by atoms with Crippen molar-refractivity contribution in [1.82, 2.24) is 5.32 Å². The minimum absolute atomic E-state index is 0.0261. The van der Waals surface area contributed by atoms with Crippen LogP contribution in [0.15, 0.2) is 0 Å². The summed E-state index contributed by atoms with van der Waals surface area (Å²) in [4.78, 5) is 23.7. The van der Waals surface area contributed by atoms with E-state index in [-0.39, 0.29) is 40.9 Å². The molecule has 0 aromatic carbocycles. The molecular weight excluding hydrogens is 462 g/mol. The first-order valence-electron chi connectivity index (χ1n) is 14.1. The van der Waals surface area contributed by atoms with E-state index in [2.05, 4.69) is 26.1 Å². The molecule has 4 aliphatic carbocycles. The number of hydrogen-bond acceptors (Lipinski definition) is 6. The van der Waals surface area contributed by atoms with Crippen LogP contribution < -0.4 is 5.32 Å². The molecule has 0 bridgehead atoms. The van der Waals surface area contributed by atoms with Crippen molar-refractivity contribution >= 4 is 11.9 Å². The molecule has 4 rings (SSSR count). The number of carbonyl (C=O) groups is 2. The summed E-state index contributed by atoms with van der Waals surface area (Å²) in [5.41, 5.74) is -0.0332. The number of carboxylic acids is 1. The number of nitrogens with one attached hydrogen (secondary N) is 1. The Morgan fingerprint density at radius 3 is 2.19 bits per heavy atom. The Balaban J connectivity index is 1.44. The van der Waals surface area contributed by atoms with E-state index in [0.717, 1.165) is 38.5 Å². The zero-order valence-corrected chi connectivity index (χ0v) is 22.3. The Bertz CT molecular complexity index is 835. The standard InChI is InChI=1S/C28H47NO7/c1-14(5-8-21(32)29-23(15(2)30)26(35)36)17-6-7-18-22-19(10-12-27(17,18)3)28(4)11-9-16(31)13-20(28)24(33)25(22)34/h14-20,22-25,30-31,33-34H,5-13H2,1-4H3,(H,29,32)(H,35,36). The number of carboxylic acid groups (broad SMARTS) is 1. The zero-order valence-electron chi connectivity index (χ0n) is 22.3. The third-order valence-corrected chi connectivity index (χ3v) is 11.4. The summed E-state index contributed by atoms with van der Waals surface area (Å²) >= 11 is 0. The predicted molar refractivity (Wildman–Crippen MR) is 134 cm³/mol. The second kappa shape index (κ2) is 10.2. The van der Waals surface area contributed by atoms with Gasteiger partial charge < -0.3 is 30.8 Å². The minimum atomic E-state index is -1.30. The second-order valence-corrected chi connectivity index (χ2v) is 13.2. The first kappa shape index (κ1) is 27.8. The highest BCUT2D eigenvalue weighted by atomic mass is 16.4. The highest BCUT2D eigenvalue weighted by molar-refractivity contribution is 5.83. The predicted octanol–water partition coefficient (Wildman–Crippen LogP) is 2.31. The highest BCUT2D eigenvalue weighted by Gasteiger charge is 2.65. The molecule has 0 aromatic rings. The number of hydrogen-bond donors (Lipinski definition) is 6. The SMILES string of the molecule is CC(O)C(NC(=O)CCC(C)C1CCC2C3C(O)C(O)C4CC(O)CCC4(C)C3CCC12C)C(=O)O. The fourth-order valence-electron chi connectivity index (χ4n) is 9.41. The number of fused-ring (bicyclic) bond motifs is 5. The number of aliphatic carboxylic acids is 1. The summed E-state index contributed by atoms with van der Waals surface area (Å²) in [5.74, 6) is -0.292. The van der Waals surface area contributed by atoms with Gasteiger partial charge in [-0.25, -0.2) is 4.79 Å². The van der Waals surface area contributed by atoms with Crippen LogP contribution in [-0.4, -0.2) is 67.9 Å². The fraction of sp³-hybridized carbons (Fsp3) is 0.929. The minimum Gasteiger partial charge on any atom is -0.480 e. The Morgan fingerprint density at radius 1 is 0.917 bits per heavy atom. The maximum absolute atomic E-state index is 12.4. The van der Waals surface area contributed by atoms with E-state index < -0.39 is 36.4 Å². The second-order valence-electron chi connectivity index (χ2n) is 13.2. The number of aliphatic hydroxyl groups is 4. The van der Waals surface area contributed by atoms with Crippen molar-refractivity contribution in [3.05, 3.63) is 0 Å². The molecule has 0 saturated heterocycles. The largest absolute Gasteiger partial charge is 0.480 e. The molecule has 0 aliphatic heterocycles. The van der Waals surface area contributed by atoms with Crippen LogP contribution in [0.1, 0.15) is 85.5 Å². The number of rotatable bonds is 7. The van der Waals surface area contributed by atoms with Gasteiger partial charge in [-0.05, 0) is 105 Å². The first-order chi connectivity index (χ1) is 16.8. The average molecular weight is 510 g/mol. The van der Waals surface area contributed by atoms with Crippen molar-refractivity contribution < 1.29 is 35.1 Å². The molecule has 6 N–H and O–H groups in total. The fourth-order valence-corrected chi connectivity index (χ4v) is 9.41. The molecule has 1 amide bonds. The van der Waals surface area contributed by atoms with Gasteiger partial charge in [0, 0.05) is 6.42 Å². The Hall–Kier alpha value is -1.22. The van der Waals surface area contributed by atoms with Crippen molar-refractivity contribution in [2.75, 3.05) is 0 Å². The van der Waals surface area contributed by atoms with Crippen molar-refractivity contribution in [3.8, 4) is 0 Å². The molecular formula is C28H47NO7. The van der Waals surface area contributed by atoms with E-state index in [9.17, 15) is 35.1 Å². The Labute approximate surface area is 214 Å². The van der Waals surface area contributed by atoms with E-state index in [0.29, 0.717) is 30.6 Å². The Morgan fingerprint density at radius 2 is 1.56 bits per heavy atom. The Kier molecular flexibility index (Phi) is 7.84. The van der Waals surface area contributed by atoms with Gasteiger partial charge in [0.1, 0.15) is 0 Å². The molecule has 8 nitrogen and oxygen atoms in total. The van der Waals surface area contributed by atoms with Gasteiger partial charge in [-0.3, -0.25) is 4.79 Å². The van der Waals surface area contributed by atoms with Gasteiger partial charge in [-0.1, -0.05) is 20.8 Å². The van der Waals surface area contributed by atoms with E-state index in [1.165, 1.54) is 6.92 Å². The van der Waals surface area contributed by atoms with Crippen LogP contribution in [-0.2, 0) is 9.59 Å². The molecule has 0 radical (unpaired) electrons. The summed E-state index contributed by atoms with van der Waals surface area (Å²) in [6.07, 6.45) is 4.07. The van der Waals surface area contributed by atoms with Crippen LogP contribution in [0.25, 0.3) is 0 Å². The number of aliphatic hydroxyl groups excluding tert-OH is 4. The van der Waals surface area contributed by atoms with Gasteiger partial charge >= 0.3 is 5.97 Å². The first-order valence-corrected chi connectivity index (χ1v) is 14.1. The van der Waals surface area contributed by atoms with Crippen molar-refractivity contribution in [3.63, 3.8) is 0 Å². The van der Waals surface area contributed by atoms with Gasteiger partial charge in [0.05, 0.1) is 24.4 Å². The summed E-state index contributed by atoms with van der Waals surface area (Å²) in [7, 11) is 0. The maximum atomic E-state index is 12.4. The van der Waals surface area contributed by atoms with Crippen molar-refractivity contribution in [2.24, 2.45) is 46.3 Å². The lowest BCUT2D eigenvalue weighted by Crippen LogP contribution is -2.64. The normalized spacial score (nSPS) is 46.6. The van der Waals surface area contributed by atoms with Crippen LogP contribution in [0.5, 0.6) is 0 Å². The average Bonchev–Trinajstić information content (AvgIpc) is 3.17. The zero-order chi connectivity index (χ0) is 26.6. The summed E-state index contributed by atoms with van der Waals surface area (Å²) < 4.78 is 0. The van der Waals surface area contributed by atoms with Gasteiger partial charge in [0.15, 0.2) is 6.04 Å². The molecule has 4 aliphatic rings. The van der Waals surface area contributed by atoms with E-state index in [1.54, 1.807) is 0 Å². The molecule has 8 heteroatoms. The van der Waals surface area contributed by atoms with Crippen LogP contribution in [0.4, 0.5) is 0 Å².